The second-order valence-corrected chi connectivity index (χ2v) is 6.34. The van der Waals surface area contributed by atoms with E-state index in [0.29, 0.717) is 31.6 Å². The molecule has 0 spiro atoms. The van der Waals surface area contributed by atoms with Crippen LogP contribution < -0.4 is 5.32 Å². The van der Waals surface area contributed by atoms with Crippen molar-refractivity contribution in [2.24, 2.45) is 11.8 Å². The number of carbonyl (C=O) groups excluding carboxylic acids is 1. The average molecular weight is 298 g/mol. The van der Waals surface area contributed by atoms with Crippen LogP contribution in [0.4, 0.5) is 4.79 Å². The van der Waals surface area contributed by atoms with Crippen molar-refractivity contribution < 1.29 is 19.4 Å². The molecule has 0 radical (unpaired) electrons. The summed E-state index contributed by atoms with van der Waals surface area (Å²) in [6.45, 7) is 5.64. The summed E-state index contributed by atoms with van der Waals surface area (Å²) in [5.41, 5.74) is 0. The standard InChI is InChI=1S/C15H26N2O4/c1-10-4-3-5-13(11(10)2)16-15(20)17-6-7-21-9-12(17)8-14(18)19/h10-13H,3-9H2,1-2H3,(H,16,20)(H,18,19). The van der Waals surface area contributed by atoms with Crippen LogP contribution >= 0.6 is 0 Å². The number of ether oxygens (including phenoxy) is 1. The van der Waals surface area contributed by atoms with Crippen molar-refractivity contribution in [3.8, 4) is 0 Å². The van der Waals surface area contributed by atoms with Gasteiger partial charge < -0.3 is 20.1 Å². The number of amides is 2. The first-order chi connectivity index (χ1) is 9.99. The lowest BCUT2D eigenvalue weighted by molar-refractivity contribution is -0.139. The van der Waals surface area contributed by atoms with E-state index in [2.05, 4.69) is 19.2 Å². The number of urea groups is 1. The Hall–Kier alpha value is -1.30. The van der Waals surface area contributed by atoms with Gasteiger partial charge in [0, 0.05) is 12.6 Å². The van der Waals surface area contributed by atoms with E-state index in [9.17, 15) is 9.59 Å². The summed E-state index contributed by atoms with van der Waals surface area (Å²) in [6, 6.07) is -0.322. The van der Waals surface area contributed by atoms with Crippen LogP contribution in [0.1, 0.15) is 39.5 Å². The summed E-state index contributed by atoms with van der Waals surface area (Å²) in [5, 5.41) is 12.1. The molecule has 4 atom stereocenters. The molecule has 1 aliphatic heterocycles. The average Bonchev–Trinajstić information content (AvgIpc) is 2.44. The van der Waals surface area contributed by atoms with Gasteiger partial charge in [-0.1, -0.05) is 26.7 Å². The summed E-state index contributed by atoms with van der Waals surface area (Å²) < 4.78 is 5.31. The highest BCUT2D eigenvalue weighted by Crippen LogP contribution is 2.29. The minimum absolute atomic E-state index is 0.0654. The number of carboxylic acid groups (broad SMARTS) is 1. The topological polar surface area (TPSA) is 78.9 Å². The van der Waals surface area contributed by atoms with Gasteiger partial charge in [-0.05, 0) is 18.3 Å². The number of carbonyl (C=O) groups is 2. The number of nitrogens with zero attached hydrogens (tertiary/aromatic N) is 1. The molecule has 1 aliphatic carbocycles. The van der Waals surface area contributed by atoms with Crippen molar-refractivity contribution in [3.63, 3.8) is 0 Å². The highest BCUT2D eigenvalue weighted by molar-refractivity contribution is 5.76. The predicted octanol–water partition coefficient (Wildman–Crippen LogP) is 1.70. The Morgan fingerprint density at radius 3 is 2.81 bits per heavy atom. The summed E-state index contributed by atoms with van der Waals surface area (Å²) in [6.07, 6.45) is 3.29. The van der Waals surface area contributed by atoms with Gasteiger partial charge in [0.15, 0.2) is 0 Å². The van der Waals surface area contributed by atoms with Crippen molar-refractivity contribution in [2.75, 3.05) is 19.8 Å². The molecule has 0 aromatic carbocycles. The number of nitrogens with one attached hydrogen (secondary N) is 1. The summed E-state index contributed by atoms with van der Waals surface area (Å²) in [4.78, 5) is 25.0. The van der Waals surface area contributed by atoms with E-state index in [-0.39, 0.29) is 24.5 Å². The molecule has 4 unspecified atom stereocenters. The van der Waals surface area contributed by atoms with Crippen molar-refractivity contribution in [3.05, 3.63) is 0 Å². The van der Waals surface area contributed by atoms with Gasteiger partial charge in [0.2, 0.25) is 0 Å². The second kappa shape index (κ2) is 7.11. The number of morpholine rings is 1. The van der Waals surface area contributed by atoms with Gasteiger partial charge in [0.25, 0.3) is 0 Å². The molecule has 0 aromatic heterocycles. The molecule has 120 valence electrons. The summed E-state index contributed by atoms with van der Waals surface area (Å²) >= 11 is 0. The zero-order valence-electron chi connectivity index (χ0n) is 12.9. The maximum absolute atomic E-state index is 12.5. The van der Waals surface area contributed by atoms with Crippen molar-refractivity contribution in [1.82, 2.24) is 10.2 Å². The number of hydrogen-bond acceptors (Lipinski definition) is 3. The predicted molar refractivity (Wildman–Crippen MR) is 78.1 cm³/mol. The number of aliphatic carboxylic acids is 1. The van der Waals surface area contributed by atoms with Crippen molar-refractivity contribution >= 4 is 12.0 Å². The third-order valence-electron chi connectivity index (χ3n) is 4.91. The lowest BCUT2D eigenvalue weighted by Crippen LogP contribution is -2.56. The van der Waals surface area contributed by atoms with Crippen LogP contribution in [0.2, 0.25) is 0 Å². The molecule has 6 nitrogen and oxygen atoms in total. The van der Waals surface area contributed by atoms with Gasteiger partial charge in [-0.15, -0.1) is 0 Å². The van der Waals surface area contributed by atoms with Crippen LogP contribution in [0, 0.1) is 11.8 Å². The first-order valence-corrected chi connectivity index (χ1v) is 7.85. The molecule has 0 aromatic rings. The highest BCUT2D eigenvalue weighted by Gasteiger charge is 2.33. The lowest BCUT2D eigenvalue weighted by atomic mass is 9.78. The number of hydrogen-bond donors (Lipinski definition) is 2. The Morgan fingerprint density at radius 1 is 1.33 bits per heavy atom. The van der Waals surface area contributed by atoms with E-state index in [1.165, 1.54) is 6.42 Å². The first-order valence-electron chi connectivity index (χ1n) is 7.85. The Balaban J connectivity index is 1.95. The van der Waals surface area contributed by atoms with Gasteiger partial charge in [0.05, 0.1) is 25.7 Å². The van der Waals surface area contributed by atoms with Crippen LogP contribution in [0.5, 0.6) is 0 Å². The fourth-order valence-corrected chi connectivity index (χ4v) is 3.32. The van der Waals surface area contributed by atoms with Crippen LogP contribution in [-0.2, 0) is 9.53 Å². The maximum Gasteiger partial charge on any atom is 0.318 e. The quantitative estimate of drug-likeness (QED) is 0.831. The van der Waals surface area contributed by atoms with Crippen LogP contribution in [0.3, 0.4) is 0 Å². The van der Waals surface area contributed by atoms with E-state index in [1.54, 1.807) is 4.90 Å². The van der Waals surface area contributed by atoms with Gasteiger partial charge in [-0.25, -0.2) is 4.79 Å². The number of carboxylic acids is 1. The SMILES string of the molecule is CC1CCCC(NC(=O)N2CCOCC2CC(=O)O)C1C. The zero-order chi connectivity index (χ0) is 15.4. The maximum atomic E-state index is 12.5. The highest BCUT2D eigenvalue weighted by atomic mass is 16.5. The molecule has 1 heterocycles. The Bertz CT molecular complexity index is 388. The van der Waals surface area contributed by atoms with Crippen molar-refractivity contribution in [1.29, 1.82) is 0 Å². The summed E-state index contributed by atoms with van der Waals surface area (Å²) in [7, 11) is 0. The van der Waals surface area contributed by atoms with Gasteiger partial charge >= 0.3 is 12.0 Å². The smallest absolute Gasteiger partial charge is 0.318 e. The third kappa shape index (κ3) is 4.09. The molecule has 1 saturated carbocycles. The largest absolute Gasteiger partial charge is 0.481 e. The second-order valence-electron chi connectivity index (χ2n) is 6.34. The fraction of sp³-hybridized carbons (Fsp3) is 0.867. The molecule has 1 saturated heterocycles. The van der Waals surface area contributed by atoms with E-state index in [1.807, 2.05) is 0 Å². The van der Waals surface area contributed by atoms with Crippen LogP contribution in [0.25, 0.3) is 0 Å². The van der Waals surface area contributed by atoms with E-state index in [0.717, 1.165) is 12.8 Å². The Labute approximate surface area is 125 Å². The van der Waals surface area contributed by atoms with E-state index < -0.39 is 5.97 Å². The van der Waals surface area contributed by atoms with E-state index >= 15 is 0 Å². The molecule has 2 N–H and O–H groups in total. The van der Waals surface area contributed by atoms with Gasteiger partial charge in [-0.3, -0.25) is 4.79 Å². The van der Waals surface area contributed by atoms with Crippen LogP contribution in [-0.4, -0.2) is 53.8 Å². The van der Waals surface area contributed by atoms with Crippen LogP contribution in [0.15, 0.2) is 0 Å². The molecule has 6 heteroatoms. The zero-order valence-corrected chi connectivity index (χ0v) is 12.9. The minimum atomic E-state index is -0.900. The van der Waals surface area contributed by atoms with Gasteiger partial charge in [-0.2, -0.15) is 0 Å². The molecule has 2 rings (SSSR count). The first kappa shape index (κ1) is 16.1. The fourth-order valence-electron chi connectivity index (χ4n) is 3.32. The monoisotopic (exact) mass is 298 g/mol. The molecule has 2 amide bonds. The van der Waals surface area contributed by atoms with E-state index in [4.69, 9.17) is 9.84 Å². The molecule has 2 aliphatic rings. The Morgan fingerprint density at radius 2 is 2.10 bits per heavy atom. The molecular weight excluding hydrogens is 272 g/mol. The summed E-state index contributed by atoms with van der Waals surface area (Å²) in [5.74, 6) is 0.174. The third-order valence-corrected chi connectivity index (χ3v) is 4.91. The van der Waals surface area contributed by atoms with Gasteiger partial charge in [0.1, 0.15) is 0 Å². The molecule has 0 bridgehead atoms. The molecular formula is C15H26N2O4. The Kier molecular flexibility index (Phi) is 5.45. The normalized spacial score (nSPS) is 33.5. The number of rotatable bonds is 3. The lowest BCUT2D eigenvalue weighted by Gasteiger charge is -2.39. The van der Waals surface area contributed by atoms with Crippen molar-refractivity contribution in [2.45, 2.75) is 51.6 Å². The minimum Gasteiger partial charge on any atom is -0.481 e. The molecule has 2 fully saturated rings. The molecule has 21 heavy (non-hydrogen) atoms.